The quantitative estimate of drug-likeness (QED) is 0.426. The van der Waals surface area contributed by atoms with Crippen LogP contribution in [0, 0.1) is 5.92 Å². The fraction of sp³-hybridized carbons (Fsp3) is 0.857. The Balaban J connectivity index is 2.54. The van der Waals surface area contributed by atoms with E-state index >= 15 is 0 Å². The number of hydrogen-bond acceptors (Lipinski definition) is 5. The first-order valence-electron chi connectivity index (χ1n) is 7.76. The minimum absolute atomic E-state index is 0.0810. The number of aliphatic imine (C=N–C) groups is 1. The second-order valence-corrected chi connectivity index (χ2v) is 7.72. The summed E-state index contributed by atoms with van der Waals surface area (Å²) in [6, 6.07) is 0. The first-order valence-corrected chi connectivity index (χ1v) is 9.58. The molecule has 1 unspecified atom stereocenters. The summed E-state index contributed by atoms with van der Waals surface area (Å²) in [5.74, 6) is 0.544. The maximum atomic E-state index is 11.9. The van der Waals surface area contributed by atoms with Crippen LogP contribution in [0.1, 0.15) is 26.7 Å². The van der Waals surface area contributed by atoms with Gasteiger partial charge in [0.1, 0.15) is 0 Å². The van der Waals surface area contributed by atoms with Crippen molar-refractivity contribution in [3.63, 3.8) is 0 Å². The van der Waals surface area contributed by atoms with Crippen LogP contribution in [0.5, 0.6) is 0 Å². The number of hydrogen-bond donors (Lipinski definition) is 1. The van der Waals surface area contributed by atoms with Crippen LogP contribution < -0.4 is 5.32 Å². The summed E-state index contributed by atoms with van der Waals surface area (Å²) >= 11 is 0. The summed E-state index contributed by atoms with van der Waals surface area (Å²) in [6.07, 6.45) is 1.70. The number of nitrogens with zero attached hydrogens (tertiary/aromatic N) is 2. The maximum absolute atomic E-state index is 11.9. The van der Waals surface area contributed by atoms with Crippen LogP contribution in [-0.4, -0.2) is 70.0 Å². The molecule has 1 fully saturated rings. The molecule has 128 valence electrons. The van der Waals surface area contributed by atoms with Crippen LogP contribution >= 0.6 is 0 Å². The number of piperidine rings is 1. The van der Waals surface area contributed by atoms with Gasteiger partial charge in [-0.05, 0) is 19.8 Å². The Morgan fingerprint density at radius 1 is 1.41 bits per heavy atom. The number of carbonyl (C=O) groups is 1. The summed E-state index contributed by atoms with van der Waals surface area (Å²) in [6.45, 7) is 5.50. The number of guanidine groups is 1. The summed E-state index contributed by atoms with van der Waals surface area (Å²) in [4.78, 5) is 18.0. The molecule has 0 amide bonds. The SMILES string of the molecule is CCOC(=O)C1CCCN(C(=NC)NCCS(=O)(=O)CC)C1. The molecular weight excluding hydrogens is 306 g/mol. The average molecular weight is 333 g/mol. The molecule has 1 saturated heterocycles. The molecule has 1 aliphatic heterocycles. The molecule has 0 radical (unpaired) electrons. The van der Waals surface area contributed by atoms with Crippen molar-refractivity contribution in [1.82, 2.24) is 10.2 Å². The van der Waals surface area contributed by atoms with E-state index in [9.17, 15) is 13.2 Å². The Bertz CT molecular complexity index is 490. The lowest BCUT2D eigenvalue weighted by molar-refractivity contribution is -0.149. The van der Waals surface area contributed by atoms with Gasteiger partial charge >= 0.3 is 5.97 Å². The van der Waals surface area contributed by atoms with E-state index in [1.807, 2.05) is 4.90 Å². The Morgan fingerprint density at radius 2 is 2.14 bits per heavy atom. The van der Waals surface area contributed by atoms with Crippen molar-refractivity contribution in [2.75, 3.05) is 44.8 Å². The molecule has 0 aromatic rings. The molecule has 0 saturated carbocycles. The maximum Gasteiger partial charge on any atom is 0.310 e. The monoisotopic (exact) mass is 333 g/mol. The fourth-order valence-electron chi connectivity index (χ4n) is 2.42. The van der Waals surface area contributed by atoms with E-state index in [0.717, 1.165) is 19.4 Å². The third kappa shape index (κ3) is 5.82. The smallest absolute Gasteiger partial charge is 0.310 e. The van der Waals surface area contributed by atoms with Crippen LogP contribution in [-0.2, 0) is 19.4 Å². The third-order valence-electron chi connectivity index (χ3n) is 3.69. The van der Waals surface area contributed by atoms with Gasteiger partial charge in [0.25, 0.3) is 0 Å². The Labute approximate surface area is 133 Å². The minimum atomic E-state index is -3.00. The highest BCUT2D eigenvalue weighted by Gasteiger charge is 2.28. The molecule has 0 aliphatic carbocycles. The highest BCUT2D eigenvalue weighted by molar-refractivity contribution is 7.91. The van der Waals surface area contributed by atoms with Gasteiger partial charge in [0.2, 0.25) is 0 Å². The Hall–Kier alpha value is -1.31. The van der Waals surface area contributed by atoms with Crippen LogP contribution in [0.3, 0.4) is 0 Å². The number of nitrogens with one attached hydrogen (secondary N) is 1. The van der Waals surface area contributed by atoms with E-state index in [1.165, 1.54) is 0 Å². The summed E-state index contributed by atoms with van der Waals surface area (Å²) in [5, 5.41) is 3.07. The van der Waals surface area contributed by atoms with Crippen molar-refractivity contribution in [3.05, 3.63) is 0 Å². The predicted octanol–water partition coefficient (Wildman–Crippen LogP) is 0.272. The average Bonchev–Trinajstić information content (AvgIpc) is 2.52. The van der Waals surface area contributed by atoms with Crippen LogP contribution in [0.25, 0.3) is 0 Å². The van der Waals surface area contributed by atoms with Gasteiger partial charge in [0.15, 0.2) is 15.8 Å². The van der Waals surface area contributed by atoms with E-state index in [-0.39, 0.29) is 23.4 Å². The number of carbonyl (C=O) groups excluding carboxylic acids is 1. The van der Waals surface area contributed by atoms with Crippen LogP contribution in [0.15, 0.2) is 4.99 Å². The fourth-order valence-corrected chi connectivity index (χ4v) is 3.12. The molecule has 0 aromatic carbocycles. The van der Waals surface area contributed by atoms with Gasteiger partial charge in [0.05, 0.1) is 18.3 Å². The lowest BCUT2D eigenvalue weighted by Gasteiger charge is -2.33. The largest absolute Gasteiger partial charge is 0.466 e. The Kier molecular flexibility index (Phi) is 7.64. The van der Waals surface area contributed by atoms with Gasteiger partial charge in [-0.15, -0.1) is 0 Å². The van der Waals surface area contributed by atoms with Crippen LogP contribution in [0.4, 0.5) is 0 Å². The topological polar surface area (TPSA) is 88.1 Å². The van der Waals surface area contributed by atoms with Crippen molar-refractivity contribution in [2.45, 2.75) is 26.7 Å². The lowest BCUT2D eigenvalue weighted by atomic mass is 9.98. The van der Waals surface area contributed by atoms with Crippen molar-refractivity contribution in [1.29, 1.82) is 0 Å². The van der Waals surface area contributed by atoms with Crippen molar-refractivity contribution in [3.8, 4) is 0 Å². The van der Waals surface area contributed by atoms with Crippen molar-refractivity contribution in [2.24, 2.45) is 10.9 Å². The zero-order chi connectivity index (χ0) is 16.6. The molecule has 1 N–H and O–H groups in total. The molecule has 1 rings (SSSR count). The number of likely N-dealkylation sites (tertiary alicyclic amines) is 1. The number of esters is 1. The number of sulfone groups is 1. The van der Waals surface area contributed by atoms with Gasteiger partial charge in [-0.2, -0.15) is 0 Å². The molecule has 1 aliphatic rings. The van der Waals surface area contributed by atoms with Gasteiger partial charge in [0, 0.05) is 32.4 Å². The van der Waals surface area contributed by atoms with Gasteiger partial charge in [-0.1, -0.05) is 6.92 Å². The molecule has 1 heterocycles. The molecule has 7 nitrogen and oxygen atoms in total. The van der Waals surface area contributed by atoms with Gasteiger partial charge in [-0.25, -0.2) is 8.42 Å². The number of rotatable bonds is 6. The molecule has 8 heteroatoms. The van der Waals surface area contributed by atoms with Gasteiger partial charge < -0.3 is 15.0 Å². The second-order valence-electron chi connectivity index (χ2n) is 5.25. The summed E-state index contributed by atoms with van der Waals surface area (Å²) in [7, 11) is -1.34. The first-order chi connectivity index (χ1) is 10.4. The normalized spacial score (nSPS) is 19.9. The second kappa shape index (κ2) is 8.97. The predicted molar refractivity (Wildman–Crippen MR) is 86.6 cm³/mol. The van der Waals surface area contributed by atoms with E-state index < -0.39 is 9.84 Å². The van der Waals surface area contributed by atoms with Gasteiger partial charge in [-0.3, -0.25) is 9.79 Å². The van der Waals surface area contributed by atoms with Crippen molar-refractivity contribution < 1.29 is 17.9 Å². The highest BCUT2D eigenvalue weighted by atomic mass is 32.2. The van der Waals surface area contributed by atoms with E-state index in [1.54, 1.807) is 20.9 Å². The number of ether oxygens (including phenoxy) is 1. The Morgan fingerprint density at radius 3 is 2.73 bits per heavy atom. The molecular formula is C14H27N3O4S. The lowest BCUT2D eigenvalue weighted by Crippen LogP contribution is -2.49. The van der Waals surface area contributed by atoms with Crippen LogP contribution in [0.2, 0.25) is 0 Å². The van der Waals surface area contributed by atoms with E-state index in [4.69, 9.17) is 4.74 Å². The molecule has 0 spiro atoms. The summed E-state index contributed by atoms with van der Waals surface area (Å²) in [5.41, 5.74) is 0. The zero-order valence-corrected chi connectivity index (χ0v) is 14.5. The standard InChI is InChI=1S/C14H27N3O4S/c1-4-21-13(18)12-7-6-9-17(11-12)14(15-3)16-8-10-22(19,20)5-2/h12H,4-11H2,1-3H3,(H,15,16). The van der Waals surface area contributed by atoms with E-state index in [0.29, 0.717) is 25.7 Å². The summed E-state index contributed by atoms with van der Waals surface area (Å²) < 4.78 is 28.1. The zero-order valence-electron chi connectivity index (χ0n) is 13.7. The molecule has 0 aromatic heterocycles. The van der Waals surface area contributed by atoms with E-state index in [2.05, 4.69) is 10.3 Å². The molecule has 1 atom stereocenters. The van der Waals surface area contributed by atoms with Crippen molar-refractivity contribution >= 4 is 21.8 Å². The first kappa shape index (κ1) is 18.7. The molecule has 22 heavy (non-hydrogen) atoms. The highest BCUT2D eigenvalue weighted by Crippen LogP contribution is 2.18. The molecule has 0 bridgehead atoms. The minimum Gasteiger partial charge on any atom is -0.466 e. The third-order valence-corrected chi connectivity index (χ3v) is 5.39.